The minimum Gasteiger partial charge on any atom is -0.376 e. The predicted octanol–water partition coefficient (Wildman–Crippen LogP) is 5.18. The van der Waals surface area contributed by atoms with Crippen LogP contribution in [0.4, 0.5) is 0 Å². The summed E-state index contributed by atoms with van der Waals surface area (Å²) in [6.07, 6.45) is 2.35. The van der Waals surface area contributed by atoms with E-state index in [-0.39, 0.29) is 6.10 Å². The summed E-state index contributed by atoms with van der Waals surface area (Å²) in [5.41, 5.74) is 0.862. The third-order valence-corrected chi connectivity index (χ3v) is 6.83. The lowest BCUT2D eigenvalue weighted by atomic mass is 10.2. The molecule has 4 heterocycles. The van der Waals surface area contributed by atoms with E-state index in [0.717, 1.165) is 47.4 Å². The fourth-order valence-corrected chi connectivity index (χ4v) is 4.92. The zero-order valence-electron chi connectivity index (χ0n) is 15.9. The lowest BCUT2D eigenvalue weighted by molar-refractivity contribution is 0.0953. The Balaban J connectivity index is 1.34. The quantitative estimate of drug-likeness (QED) is 0.352. The van der Waals surface area contributed by atoms with Gasteiger partial charge in [-0.05, 0) is 48.6 Å². The van der Waals surface area contributed by atoms with Crippen LogP contribution in [-0.4, -0.2) is 37.6 Å². The Morgan fingerprint density at radius 3 is 2.87 bits per heavy atom. The Bertz CT molecular complexity index is 1100. The topological polar surface area (TPSA) is 78.9 Å². The molecular formula is C20H18ClN5O2S2. The first-order valence-electron chi connectivity index (χ1n) is 9.56. The molecule has 3 aromatic heterocycles. The Morgan fingerprint density at radius 1 is 1.20 bits per heavy atom. The predicted molar refractivity (Wildman–Crippen MR) is 117 cm³/mol. The molecule has 5 rings (SSSR count). The van der Waals surface area contributed by atoms with Crippen LogP contribution in [0.15, 0.2) is 51.5 Å². The van der Waals surface area contributed by atoms with Crippen LogP contribution in [0.5, 0.6) is 0 Å². The normalized spacial score (nSPS) is 16.4. The summed E-state index contributed by atoms with van der Waals surface area (Å²) in [7, 11) is 0. The summed E-state index contributed by atoms with van der Waals surface area (Å²) in [6.45, 7) is 1.56. The smallest absolute Gasteiger partial charge is 0.237 e. The Morgan fingerprint density at radius 2 is 2.10 bits per heavy atom. The number of hydrogen-bond donors (Lipinski definition) is 0. The number of benzene rings is 1. The third kappa shape index (κ3) is 4.29. The van der Waals surface area contributed by atoms with E-state index in [1.165, 1.54) is 11.8 Å². The number of thiophene rings is 1. The molecule has 4 aromatic rings. The molecule has 7 nitrogen and oxygen atoms in total. The maximum absolute atomic E-state index is 5.95. The van der Waals surface area contributed by atoms with Crippen LogP contribution >= 0.6 is 34.7 Å². The van der Waals surface area contributed by atoms with Gasteiger partial charge in [0.25, 0.3) is 0 Å². The second-order valence-corrected chi connectivity index (χ2v) is 9.16. The van der Waals surface area contributed by atoms with Crippen molar-refractivity contribution in [2.45, 2.75) is 36.4 Å². The molecule has 0 saturated carbocycles. The molecule has 30 heavy (non-hydrogen) atoms. The van der Waals surface area contributed by atoms with Gasteiger partial charge in [-0.2, -0.15) is 4.98 Å². The maximum atomic E-state index is 5.95. The molecule has 154 valence electrons. The first-order chi connectivity index (χ1) is 14.8. The monoisotopic (exact) mass is 459 g/mol. The minimum absolute atomic E-state index is 0.193. The average Bonchev–Trinajstić information content (AvgIpc) is 3.55. The molecule has 1 saturated heterocycles. The second-order valence-electron chi connectivity index (χ2n) is 6.84. The van der Waals surface area contributed by atoms with Crippen molar-refractivity contribution in [3.05, 3.63) is 52.7 Å². The first-order valence-corrected chi connectivity index (χ1v) is 11.8. The first kappa shape index (κ1) is 19.7. The van der Waals surface area contributed by atoms with Crippen LogP contribution < -0.4 is 0 Å². The summed E-state index contributed by atoms with van der Waals surface area (Å²) >= 11 is 9.13. The van der Waals surface area contributed by atoms with Crippen molar-refractivity contribution in [2.24, 2.45) is 0 Å². The van der Waals surface area contributed by atoms with Crippen LogP contribution in [0, 0.1) is 0 Å². The number of rotatable bonds is 7. The number of nitrogens with zero attached hydrogens (tertiary/aromatic N) is 5. The van der Waals surface area contributed by atoms with E-state index in [4.69, 9.17) is 20.9 Å². The van der Waals surface area contributed by atoms with Crippen LogP contribution in [-0.2, 0) is 17.0 Å². The fraction of sp³-hybridized carbons (Fsp3) is 0.300. The number of aromatic nitrogens is 5. The fourth-order valence-electron chi connectivity index (χ4n) is 3.30. The van der Waals surface area contributed by atoms with E-state index in [2.05, 4.69) is 31.0 Å². The summed E-state index contributed by atoms with van der Waals surface area (Å²) in [6, 6.07) is 11.4. The van der Waals surface area contributed by atoms with E-state index in [0.29, 0.717) is 22.5 Å². The lowest BCUT2D eigenvalue weighted by Crippen LogP contribution is -2.16. The highest BCUT2D eigenvalue weighted by Gasteiger charge is 2.22. The highest BCUT2D eigenvalue weighted by atomic mass is 35.5. The van der Waals surface area contributed by atoms with E-state index in [1.54, 1.807) is 23.5 Å². The van der Waals surface area contributed by atoms with E-state index in [9.17, 15) is 0 Å². The third-order valence-electron chi connectivity index (χ3n) is 4.76. The Labute approximate surface area is 186 Å². The summed E-state index contributed by atoms with van der Waals surface area (Å²) < 4.78 is 13.4. The lowest BCUT2D eigenvalue weighted by Gasteiger charge is -2.13. The van der Waals surface area contributed by atoms with E-state index < -0.39 is 0 Å². The molecule has 1 atom stereocenters. The molecular weight excluding hydrogens is 442 g/mol. The summed E-state index contributed by atoms with van der Waals surface area (Å²) in [5.74, 6) is 2.46. The van der Waals surface area contributed by atoms with Gasteiger partial charge in [-0.3, -0.25) is 4.57 Å². The molecule has 1 fully saturated rings. The number of thioether (sulfide) groups is 1. The van der Waals surface area contributed by atoms with Crippen LogP contribution in [0.1, 0.15) is 18.7 Å². The molecule has 0 spiro atoms. The van der Waals surface area contributed by atoms with Crippen LogP contribution in [0.3, 0.4) is 0 Å². The zero-order chi connectivity index (χ0) is 20.3. The average molecular weight is 460 g/mol. The van der Waals surface area contributed by atoms with Crippen molar-refractivity contribution < 1.29 is 9.26 Å². The molecule has 0 unspecified atom stereocenters. The standard InChI is InChI=1S/C20H18ClN5O2S2/c21-14-7-5-13(6-8-14)18-22-17(28-25-18)12-30-20-24-23-19(16-4-2-10-29-16)26(20)11-15-3-1-9-27-15/h2,4-8,10,15H,1,3,9,11-12H2/t15-/m1/s1. The van der Waals surface area contributed by atoms with Gasteiger partial charge in [-0.25, -0.2) is 0 Å². The number of halogens is 1. The molecule has 0 N–H and O–H groups in total. The molecule has 0 radical (unpaired) electrons. The molecule has 1 aromatic carbocycles. The molecule has 0 bridgehead atoms. The van der Waals surface area contributed by atoms with Crippen LogP contribution in [0.2, 0.25) is 5.02 Å². The highest BCUT2D eigenvalue weighted by Crippen LogP contribution is 2.30. The van der Waals surface area contributed by atoms with Crippen molar-refractivity contribution in [1.82, 2.24) is 24.9 Å². The molecule has 0 amide bonds. The highest BCUT2D eigenvalue weighted by molar-refractivity contribution is 7.98. The summed E-state index contributed by atoms with van der Waals surface area (Å²) in [5, 5.41) is 16.5. The molecule has 1 aliphatic rings. The van der Waals surface area contributed by atoms with E-state index in [1.807, 2.05) is 23.6 Å². The van der Waals surface area contributed by atoms with E-state index >= 15 is 0 Å². The van der Waals surface area contributed by atoms with Crippen molar-refractivity contribution in [2.75, 3.05) is 6.61 Å². The van der Waals surface area contributed by atoms with Gasteiger partial charge in [0.15, 0.2) is 11.0 Å². The van der Waals surface area contributed by atoms with Crippen molar-refractivity contribution >= 4 is 34.7 Å². The summed E-state index contributed by atoms with van der Waals surface area (Å²) in [4.78, 5) is 5.59. The molecule has 1 aliphatic heterocycles. The second kappa shape index (κ2) is 8.89. The zero-order valence-corrected chi connectivity index (χ0v) is 18.3. The maximum Gasteiger partial charge on any atom is 0.237 e. The molecule has 10 heteroatoms. The van der Waals surface area contributed by atoms with Crippen molar-refractivity contribution in [3.63, 3.8) is 0 Å². The number of hydrogen-bond acceptors (Lipinski definition) is 8. The van der Waals surface area contributed by atoms with Gasteiger partial charge in [-0.15, -0.1) is 21.5 Å². The van der Waals surface area contributed by atoms with Gasteiger partial charge in [0.05, 0.1) is 23.3 Å². The van der Waals surface area contributed by atoms with Crippen molar-refractivity contribution in [1.29, 1.82) is 0 Å². The van der Waals surface area contributed by atoms with Gasteiger partial charge >= 0.3 is 0 Å². The Hall–Kier alpha value is -2.20. The van der Waals surface area contributed by atoms with Gasteiger partial charge in [-0.1, -0.05) is 34.6 Å². The SMILES string of the molecule is Clc1ccc(-c2noc(CSc3nnc(-c4cccs4)n3C[C@H]3CCCO3)n2)cc1. The van der Waals surface area contributed by atoms with Crippen LogP contribution in [0.25, 0.3) is 22.1 Å². The minimum atomic E-state index is 0.193. The Kier molecular flexibility index (Phi) is 5.85. The van der Waals surface area contributed by atoms with Gasteiger partial charge in [0.2, 0.25) is 11.7 Å². The van der Waals surface area contributed by atoms with Gasteiger partial charge in [0.1, 0.15) is 0 Å². The van der Waals surface area contributed by atoms with Crippen molar-refractivity contribution in [3.8, 4) is 22.1 Å². The molecule has 0 aliphatic carbocycles. The van der Waals surface area contributed by atoms with Gasteiger partial charge < -0.3 is 9.26 Å². The number of ether oxygens (including phenoxy) is 1. The van der Waals surface area contributed by atoms with Gasteiger partial charge in [0, 0.05) is 17.2 Å². The largest absolute Gasteiger partial charge is 0.376 e.